The lowest BCUT2D eigenvalue weighted by atomic mass is 10.1. The molecule has 1 fully saturated rings. The molecule has 1 saturated heterocycles. The molecular weight excluding hydrogens is 390 g/mol. The van der Waals surface area contributed by atoms with E-state index in [-0.39, 0.29) is 29.6 Å². The maximum absolute atomic E-state index is 12.9. The summed E-state index contributed by atoms with van der Waals surface area (Å²) in [4.78, 5) is 12.5. The number of hydrogen-bond acceptors (Lipinski definition) is 5. The Balaban J connectivity index is 1.55. The molecule has 7 nitrogen and oxygen atoms in total. The molecule has 0 atom stereocenters. The van der Waals surface area contributed by atoms with E-state index >= 15 is 0 Å². The predicted octanol–water partition coefficient (Wildman–Crippen LogP) is 2.47. The van der Waals surface area contributed by atoms with Crippen molar-refractivity contribution in [3.63, 3.8) is 0 Å². The number of aromatic nitrogens is 2. The third kappa shape index (κ3) is 3.56. The average molecular weight is 411 g/mol. The van der Waals surface area contributed by atoms with E-state index < -0.39 is 10.0 Å². The van der Waals surface area contributed by atoms with E-state index in [1.54, 1.807) is 32.2 Å². The van der Waals surface area contributed by atoms with Gasteiger partial charge in [-0.05, 0) is 36.8 Å². The Morgan fingerprint density at radius 1 is 1.03 bits per heavy atom. The summed E-state index contributed by atoms with van der Waals surface area (Å²) in [7, 11) is -2.08. The highest BCUT2D eigenvalue weighted by Crippen LogP contribution is 2.30. The van der Waals surface area contributed by atoms with Crippen LogP contribution in [0.5, 0.6) is 5.75 Å². The van der Waals surface area contributed by atoms with E-state index in [0.29, 0.717) is 11.4 Å². The molecular formula is C21H21N3O4S. The standard InChI is InChI=1S/C21H21N3O4S/c1-15-12-18(8-10-20(15)28-2)29(26,27)23-13-17(14-23)24-21(25)11-9-19(22-24)16-6-4-3-5-7-16/h3-12,17H,13-14H2,1-2H3. The van der Waals surface area contributed by atoms with Crippen LogP contribution in [-0.2, 0) is 10.0 Å². The summed E-state index contributed by atoms with van der Waals surface area (Å²) in [6, 6.07) is 17.2. The number of methoxy groups -OCH3 is 1. The molecule has 0 unspecified atom stereocenters. The zero-order valence-corrected chi connectivity index (χ0v) is 17.0. The van der Waals surface area contributed by atoms with Crippen LogP contribution in [0.1, 0.15) is 11.6 Å². The van der Waals surface area contributed by atoms with Crippen molar-refractivity contribution >= 4 is 10.0 Å². The lowest BCUT2D eigenvalue weighted by Crippen LogP contribution is -2.53. The van der Waals surface area contributed by atoms with E-state index in [9.17, 15) is 13.2 Å². The van der Waals surface area contributed by atoms with E-state index in [1.165, 1.54) is 21.1 Å². The fourth-order valence-corrected chi connectivity index (χ4v) is 4.98. The molecule has 0 saturated carbocycles. The van der Waals surface area contributed by atoms with E-state index in [1.807, 2.05) is 30.3 Å². The molecule has 4 rings (SSSR count). The second-order valence-electron chi connectivity index (χ2n) is 6.97. The SMILES string of the molecule is COc1ccc(S(=O)(=O)N2CC(n3nc(-c4ccccc4)ccc3=O)C2)cc1C. The minimum absolute atomic E-state index is 0.207. The molecule has 0 N–H and O–H groups in total. The highest BCUT2D eigenvalue weighted by molar-refractivity contribution is 7.89. The first kappa shape index (κ1) is 19.4. The number of sulfonamides is 1. The second-order valence-corrected chi connectivity index (χ2v) is 8.91. The summed E-state index contributed by atoms with van der Waals surface area (Å²) in [5.74, 6) is 0.638. The normalized spacial score (nSPS) is 15.1. The van der Waals surface area contributed by atoms with E-state index in [4.69, 9.17) is 4.74 Å². The maximum Gasteiger partial charge on any atom is 0.267 e. The van der Waals surface area contributed by atoms with Crippen LogP contribution in [0.3, 0.4) is 0 Å². The van der Waals surface area contributed by atoms with Gasteiger partial charge >= 0.3 is 0 Å². The van der Waals surface area contributed by atoms with Gasteiger partial charge < -0.3 is 4.74 Å². The fourth-order valence-electron chi connectivity index (χ4n) is 3.38. The van der Waals surface area contributed by atoms with E-state index in [0.717, 1.165) is 11.1 Å². The first-order chi connectivity index (χ1) is 13.9. The smallest absolute Gasteiger partial charge is 0.267 e. The van der Waals surface area contributed by atoms with Gasteiger partial charge in [-0.2, -0.15) is 9.40 Å². The Hall–Kier alpha value is -2.97. The predicted molar refractivity (Wildman–Crippen MR) is 109 cm³/mol. The molecule has 150 valence electrons. The number of ether oxygens (including phenoxy) is 1. The zero-order chi connectivity index (χ0) is 20.6. The number of aryl methyl sites for hydroxylation is 1. The van der Waals surface area contributed by atoms with E-state index in [2.05, 4.69) is 5.10 Å². The Morgan fingerprint density at radius 3 is 2.41 bits per heavy atom. The van der Waals surface area contributed by atoms with Gasteiger partial charge in [0.1, 0.15) is 5.75 Å². The van der Waals surface area contributed by atoms with Gasteiger partial charge in [0.15, 0.2) is 0 Å². The largest absolute Gasteiger partial charge is 0.496 e. The Kier molecular flexibility index (Phi) is 4.97. The third-order valence-electron chi connectivity index (χ3n) is 5.07. The molecule has 0 bridgehead atoms. The van der Waals surface area contributed by atoms with Gasteiger partial charge in [-0.3, -0.25) is 4.79 Å². The van der Waals surface area contributed by atoms with Crippen molar-refractivity contribution in [2.75, 3.05) is 20.2 Å². The Bertz CT molecular complexity index is 1200. The van der Waals surface area contributed by atoms with Crippen LogP contribution in [0.15, 0.2) is 70.4 Å². The maximum atomic E-state index is 12.9. The topological polar surface area (TPSA) is 81.5 Å². The first-order valence-corrected chi connectivity index (χ1v) is 10.6. The van der Waals surface area contributed by atoms with Gasteiger partial charge in [0.05, 0.1) is 23.7 Å². The molecule has 1 aromatic heterocycles. The van der Waals surface area contributed by atoms with Crippen molar-refractivity contribution < 1.29 is 13.2 Å². The van der Waals surface area contributed by atoms with Crippen LogP contribution >= 0.6 is 0 Å². The van der Waals surface area contributed by atoms with Gasteiger partial charge in [0.2, 0.25) is 10.0 Å². The molecule has 0 radical (unpaired) electrons. The van der Waals surface area contributed by atoms with Crippen molar-refractivity contribution in [2.45, 2.75) is 17.9 Å². The zero-order valence-electron chi connectivity index (χ0n) is 16.1. The molecule has 29 heavy (non-hydrogen) atoms. The van der Waals surface area contributed by atoms with Crippen LogP contribution in [0.2, 0.25) is 0 Å². The first-order valence-electron chi connectivity index (χ1n) is 9.20. The summed E-state index contributed by atoms with van der Waals surface area (Å²) in [5, 5.41) is 4.46. The van der Waals surface area contributed by atoms with Crippen LogP contribution in [0, 0.1) is 6.92 Å². The van der Waals surface area contributed by atoms with Crippen molar-refractivity contribution in [2.24, 2.45) is 0 Å². The molecule has 0 aliphatic carbocycles. The molecule has 1 aliphatic heterocycles. The molecule has 8 heteroatoms. The third-order valence-corrected chi connectivity index (χ3v) is 6.90. The van der Waals surface area contributed by atoms with Crippen LogP contribution in [0.4, 0.5) is 0 Å². The molecule has 0 amide bonds. The minimum Gasteiger partial charge on any atom is -0.496 e. The summed E-state index contributed by atoms with van der Waals surface area (Å²) in [6.07, 6.45) is 0. The quantitative estimate of drug-likeness (QED) is 0.644. The van der Waals surface area contributed by atoms with Crippen molar-refractivity contribution in [1.29, 1.82) is 0 Å². The summed E-state index contributed by atoms with van der Waals surface area (Å²) < 4.78 is 33.7. The molecule has 2 heterocycles. The molecule has 1 aliphatic rings. The lowest BCUT2D eigenvalue weighted by Gasteiger charge is -2.38. The minimum atomic E-state index is -3.63. The number of hydrogen-bond donors (Lipinski definition) is 0. The van der Waals surface area contributed by atoms with Crippen LogP contribution in [0.25, 0.3) is 11.3 Å². The van der Waals surface area contributed by atoms with Crippen molar-refractivity contribution in [3.8, 4) is 17.0 Å². The summed E-state index contributed by atoms with van der Waals surface area (Å²) in [6.45, 7) is 2.21. The molecule has 0 spiro atoms. The van der Waals surface area contributed by atoms with Gasteiger partial charge in [-0.15, -0.1) is 0 Å². The number of benzene rings is 2. The number of nitrogens with zero attached hydrogens (tertiary/aromatic N) is 3. The van der Waals surface area contributed by atoms with Crippen molar-refractivity contribution in [3.05, 3.63) is 76.6 Å². The molecule has 3 aromatic rings. The average Bonchev–Trinajstić information content (AvgIpc) is 2.68. The van der Waals surface area contributed by atoms with Gasteiger partial charge in [-0.1, -0.05) is 30.3 Å². The van der Waals surface area contributed by atoms with Crippen molar-refractivity contribution in [1.82, 2.24) is 14.1 Å². The number of rotatable bonds is 5. The Labute approximate surface area is 169 Å². The highest BCUT2D eigenvalue weighted by Gasteiger charge is 2.39. The van der Waals surface area contributed by atoms with Crippen LogP contribution in [-0.4, -0.2) is 42.7 Å². The van der Waals surface area contributed by atoms with Gasteiger partial charge in [0.25, 0.3) is 5.56 Å². The second kappa shape index (κ2) is 7.46. The fraction of sp³-hybridized carbons (Fsp3) is 0.238. The highest BCUT2D eigenvalue weighted by atomic mass is 32.2. The Morgan fingerprint density at radius 2 is 1.76 bits per heavy atom. The summed E-state index contributed by atoms with van der Waals surface area (Å²) >= 11 is 0. The lowest BCUT2D eigenvalue weighted by molar-refractivity contribution is 0.186. The summed E-state index contributed by atoms with van der Waals surface area (Å²) in [5.41, 5.74) is 2.09. The molecule has 2 aromatic carbocycles. The van der Waals surface area contributed by atoms with Gasteiger partial charge in [-0.25, -0.2) is 13.1 Å². The van der Waals surface area contributed by atoms with Gasteiger partial charge in [0, 0.05) is 24.7 Å². The van der Waals surface area contributed by atoms with Crippen LogP contribution < -0.4 is 10.3 Å². The monoisotopic (exact) mass is 411 g/mol.